The SMILES string of the molecule is Cc1cc(=O)c(C(=O)NCc2cccs2)c(CCc2ccccc2)n1Cc1ccccn1. The Hall–Kier alpha value is -3.51. The number of pyridine rings is 2. The van der Waals surface area contributed by atoms with Gasteiger partial charge in [0.25, 0.3) is 5.91 Å². The van der Waals surface area contributed by atoms with E-state index >= 15 is 0 Å². The molecule has 32 heavy (non-hydrogen) atoms. The molecule has 4 aromatic rings. The standard InChI is InChI=1S/C26H25N3O2S/c1-19-16-24(30)25(26(31)28-17-22-11-7-15-32-22)23(13-12-20-8-3-2-4-9-20)29(19)18-21-10-5-6-14-27-21/h2-11,14-16H,12-13,17-18H2,1H3,(H,28,31). The molecular formula is C26H25N3O2S. The van der Waals surface area contributed by atoms with Crippen LogP contribution in [0, 0.1) is 6.92 Å². The Balaban J connectivity index is 1.71. The topological polar surface area (TPSA) is 64.0 Å². The molecule has 1 aromatic carbocycles. The van der Waals surface area contributed by atoms with Crippen LogP contribution in [0.2, 0.25) is 0 Å². The number of aryl methyl sites for hydroxylation is 2. The van der Waals surface area contributed by atoms with Gasteiger partial charge in [-0.25, -0.2) is 0 Å². The van der Waals surface area contributed by atoms with Gasteiger partial charge < -0.3 is 9.88 Å². The zero-order chi connectivity index (χ0) is 22.3. The van der Waals surface area contributed by atoms with Crippen molar-refractivity contribution in [3.8, 4) is 0 Å². The molecular weight excluding hydrogens is 418 g/mol. The zero-order valence-corrected chi connectivity index (χ0v) is 18.8. The first kappa shape index (κ1) is 21.7. The highest BCUT2D eigenvalue weighted by molar-refractivity contribution is 7.09. The van der Waals surface area contributed by atoms with E-state index < -0.39 is 0 Å². The number of nitrogens with zero attached hydrogens (tertiary/aromatic N) is 2. The van der Waals surface area contributed by atoms with Gasteiger partial charge in [-0.3, -0.25) is 14.6 Å². The summed E-state index contributed by atoms with van der Waals surface area (Å²) in [4.78, 5) is 31.7. The van der Waals surface area contributed by atoms with Crippen molar-refractivity contribution in [3.05, 3.63) is 122 Å². The molecule has 1 N–H and O–H groups in total. The average Bonchev–Trinajstić information content (AvgIpc) is 3.33. The van der Waals surface area contributed by atoms with Crippen LogP contribution in [0.5, 0.6) is 0 Å². The molecule has 0 aliphatic rings. The van der Waals surface area contributed by atoms with E-state index in [0.717, 1.165) is 33.9 Å². The fourth-order valence-corrected chi connectivity index (χ4v) is 4.43. The molecule has 5 nitrogen and oxygen atoms in total. The predicted molar refractivity (Wildman–Crippen MR) is 128 cm³/mol. The maximum absolute atomic E-state index is 13.2. The highest BCUT2D eigenvalue weighted by Gasteiger charge is 2.20. The van der Waals surface area contributed by atoms with E-state index in [1.54, 1.807) is 23.6 Å². The molecule has 0 saturated carbocycles. The molecule has 0 saturated heterocycles. The van der Waals surface area contributed by atoms with Crippen LogP contribution in [-0.4, -0.2) is 15.5 Å². The van der Waals surface area contributed by atoms with Crippen molar-refractivity contribution in [1.82, 2.24) is 14.9 Å². The van der Waals surface area contributed by atoms with E-state index in [-0.39, 0.29) is 16.9 Å². The molecule has 4 rings (SSSR count). The first-order valence-corrected chi connectivity index (χ1v) is 11.5. The maximum Gasteiger partial charge on any atom is 0.257 e. The summed E-state index contributed by atoms with van der Waals surface area (Å²) in [6.07, 6.45) is 3.07. The van der Waals surface area contributed by atoms with Crippen molar-refractivity contribution in [2.45, 2.75) is 32.9 Å². The Labute approximate surface area is 191 Å². The minimum absolute atomic E-state index is 0.221. The number of carbonyl (C=O) groups is 1. The summed E-state index contributed by atoms with van der Waals surface area (Å²) in [5.41, 5.74) is 3.58. The van der Waals surface area contributed by atoms with Gasteiger partial charge >= 0.3 is 0 Å². The molecule has 162 valence electrons. The van der Waals surface area contributed by atoms with Crippen LogP contribution in [0.15, 0.2) is 83.1 Å². The third kappa shape index (κ3) is 5.21. The van der Waals surface area contributed by atoms with Crippen LogP contribution in [0.25, 0.3) is 0 Å². The van der Waals surface area contributed by atoms with Crippen molar-refractivity contribution < 1.29 is 4.79 Å². The van der Waals surface area contributed by atoms with Crippen molar-refractivity contribution in [1.29, 1.82) is 0 Å². The summed E-state index contributed by atoms with van der Waals surface area (Å²) < 4.78 is 2.05. The van der Waals surface area contributed by atoms with E-state index in [1.165, 1.54) is 0 Å². The lowest BCUT2D eigenvalue weighted by molar-refractivity contribution is 0.0948. The van der Waals surface area contributed by atoms with Gasteiger partial charge in [-0.15, -0.1) is 11.3 Å². The van der Waals surface area contributed by atoms with Crippen molar-refractivity contribution in [2.24, 2.45) is 0 Å². The summed E-state index contributed by atoms with van der Waals surface area (Å²) in [5, 5.41) is 4.90. The number of benzene rings is 1. The summed E-state index contributed by atoms with van der Waals surface area (Å²) in [6.45, 7) is 2.81. The summed E-state index contributed by atoms with van der Waals surface area (Å²) in [6, 6.07) is 21.4. The van der Waals surface area contributed by atoms with Gasteiger partial charge in [-0.05, 0) is 48.9 Å². The first-order valence-electron chi connectivity index (χ1n) is 10.6. The average molecular weight is 444 g/mol. The monoisotopic (exact) mass is 443 g/mol. The summed E-state index contributed by atoms with van der Waals surface area (Å²) in [5.74, 6) is -0.332. The molecule has 6 heteroatoms. The second-order valence-corrected chi connectivity index (χ2v) is 8.66. The first-order chi connectivity index (χ1) is 15.6. The molecule has 0 atom stereocenters. The number of hydrogen-bond donors (Lipinski definition) is 1. The lowest BCUT2D eigenvalue weighted by Crippen LogP contribution is -2.32. The van der Waals surface area contributed by atoms with E-state index in [9.17, 15) is 9.59 Å². The van der Waals surface area contributed by atoms with E-state index in [2.05, 4.69) is 22.4 Å². The smallest absolute Gasteiger partial charge is 0.257 e. The van der Waals surface area contributed by atoms with Crippen LogP contribution in [-0.2, 0) is 25.9 Å². The minimum atomic E-state index is -0.332. The van der Waals surface area contributed by atoms with Gasteiger partial charge in [-0.2, -0.15) is 0 Å². The Kier molecular flexibility index (Phi) is 6.92. The molecule has 1 amide bonds. The molecule has 0 spiro atoms. The highest BCUT2D eigenvalue weighted by atomic mass is 32.1. The van der Waals surface area contributed by atoms with Crippen molar-refractivity contribution >= 4 is 17.2 Å². The van der Waals surface area contributed by atoms with Crippen LogP contribution in [0.3, 0.4) is 0 Å². The van der Waals surface area contributed by atoms with Gasteiger partial charge in [0.05, 0.1) is 18.8 Å². The van der Waals surface area contributed by atoms with Gasteiger partial charge in [-0.1, -0.05) is 42.5 Å². The number of amides is 1. The fraction of sp³-hybridized carbons (Fsp3) is 0.192. The van der Waals surface area contributed by atoms with Gasteiger partial charge in [0.15, 0.2) is 5.43 Å². The Morgan fingerprint density at radius 3 is 2.56 bits per heavy atom. The number of rotatable bonds is 8. The Morgan fingerprint density at radius 2 is 1.84 bits per heavy atom. The van der Waals surface area contributed by atoms with Crippen molar-refractivity contribution in [3.63, 3.8) is 0 Å². The van der Waals surface area contributed by atoms with Gasteiger partial charge in [0.1, 0.15) is 5.56 Å². The second kappa shape index (κ2) is 10.2. The quantitative estimate of drug-likeness (QED) is 0.440. The number of hydrogen-bond acceptors (Lipinski definition) is 4. The van der Waals surface area contributed by atoms with Crippen LogP contribution >= 0.6 is 11.3 Å². The lowest BCUT2D eigenvalue weighted by atomic mass is 10.0. The molecule has 3 aromatic heterocycles. The number of nitrogens with one attached hydrogen (secondary N) is 1. The maximum atomic E-state index is 13.2. The Morgan fingerprint density at radius 1 is 1.03 bits per heavy atom. The van der Waals surface area contributed by atoms with Crippen LogP contribution in [0.1, 0.15) is 37.9 Å². The largest absolute Gasteiger partial charge is 0.347 e. The normalized spacial score (nSPS) is 10.8. The fourth-order valence-electron chi connectivity index (χ4n) is 3.78. The summed E-state index contributed by atoms with van der Waals surface area (Å²) in [7, 11) is 0. The second-order valence-electron chi connectivity index (χ2n) is 7.63. The molecule has 0 radical (unpaired) electrons. The predicted octanol–water partition coefficient (Wildman–Crippen LogP) is 4.38. The van der Waals surface area contributed by atoms with Crippen molar-refractivity contribution in [2.75, 3.05) is 0 Å². The molecule has 0 fully saturated rings. The van der Waals surface area contributed by atoms with Gasteiger partial charge in [0.2, 0.25) is 0 Å². The van der Waals surface area contributed by atoms with E-state index in [1.807, 2.05) is 65.4 Å². The van der Waals surface area contributed by atoms with Crippen LogP contribution in [0.4, 0.5) is 0 Å². The van der Waals surface area contributed by atoms with E-state index in [0.29, 0.717) is 19.5 Å². The van der Waals surface area contributed by atoms with Crippen LogP contribution < -0.4 is 10.7 Å². The minimum Gasteiger partial charge on any atom is -0.347 e. The van der Waals surface area contributed by atoms with E-state index in [4.69, 9.17) is 0 Å². The number of carbonyl (C=O) groups excluding carboxylic acids is 1. The highest BCUT2D eigenvalue weighted by Crippen LogP contribution is 2.16. The van der Waals surface area contributed by atoms with Gasteiger partial charge in [0, 0.05) is 28.5 Å². The Bertz CT molecular complexity index is 1230. The number of thiophene rings is 1. The molecule has 0 bridgehead atoms. The lowest BCUT2D eigenvalue weighted by Gasteiger charge is -2.20. The third-order valence-corrected chi connectivity index (χ3v) is 6.27. The summed E-state index contributed by atoms with van der Waals surface area (Å²) >= 11 is 1.58. The number of aromatic nitrogens is 2. The molecule has 0 aliphatic carbocycles. The zero-order valence-electron chi connectivity index (χ0n) is 18.0. The molecule has 3 heterocycles. The molecule has 0 aliphatic heterocycles. The molecule has 0 unspecified atom stereocenters. The third-order valence-electron chi connectivity index (χ3n) is 5.40.